The van der Waals surface area contributed by atoms with Gasteiger partial charge in [0.25, 0.3) is 0 Å². The first-order valence-electron chi connectivity index (χ1n) is 8.85. The van der Waals surface area contributed by atoms with Gasteiger partial charge in [-0.1, -0.05) is 13.8 Å². The van der Waals surface area contributed by atoms with E-state index in [0.717, 1.165) is 25.7 Å². The smallest absolute Gasteiger partial charge is 0.410 e. The fourth-order valence-corrected chi connectivity index (χ4v) is 3.85. The standard InChI is InChI=1S/C18H34N2O3/c1-15(2,3)23-14(21)20-12-11-17(19,13-20)18(22)8-6-7-16(4,5)9-10-18/h22H,6-13,19H2,1-5H3. The minimum Gasteiger partial charge on any atom is -0.444 e. The molecular weight excluding hydrogens is 292 g/mol. The summed E-state index contributed by atoms with van der Waals surface area (Å²) in [4.78, 5) is 13.9. The van der Waals surface area contributed by atoms with E-state index in [1.807, 2.05) is 20.8 Å². The monoisotopic (exact) mass is 326 g/mol. The molecule has 0 aromatic rings. The van der Waals surface area contributed by atoms with Crippen molar-refractivity contribution in [1.82, 2.24) is 4.90 Å². The molecule has 0 radical (unpaired) electrons. The lowest BCUT2D eigenvalue weighted by molar-refractivity contribution is -0.0472. The van der Waals surface area contributed by atoms with Crippen LogP contribution in [0.5, 0.6) is 0 Å². The number of carbonyl (C=O) groups excluding carboxylic acids is 1. The van der Waals surface area contributed by atoms with E-state index in [0.29, 0.717) is 25.9 Å². The third kappa shape index (κ3) is 4.18. The minimum absolute atomic E-state index is 0.254. The van der Waals surface area contributed by atoms with Gasteiger partial charge in [-0.2, -0.15) is 0 Å². The maximum Gasteiger partial charge on any atom is 0.410 e. The maximum absolute atomic E-state index is 12.3. The van der Waals surface area contributed by atoms with Crippen LogP contribution >= 0.6 is 0 Å². The molecule has 1 saturated heterocycles. The molecule has 2 rings (SSSR count). The number of rotatable bonds is 1. The van der Waals surface area contributed by atoms with E-state index in [2.05, 4.69) is 13.8 Å². The molecule has 1 amide bonds. The number of ether oxygens (including phenoxy) is 1. The van der Waals surface area contributed by atoms with Crippen molar-refractivity contribution in [2.24, 2.45) is 11.1 Å². The van der Waals surface area contributed by atoms with Crippen molar-refractivity contribution < 1.29 is 14.6 Å². The molecule has 2 aliphatic rings. The molecule has 0 spiro atoms. The van der Waals surface area contributed by atoms with Gasteiger partial charge in [0.15, 0.2) is 0 Å². The molecule has 2 atom stereocenters. The SMILES string of the molecule is CC1(C)CCCC(O)(C2(N)CCN(C(=O)OC(C)(C)C)C2)CC1. The van der Waals surface area contributed by atoms with Crippen LogP contribution in [-0.2, 0) is 4.74 Å². The highest BCUT2D eigenvalue weighted by molar-refractivity contribution is 5.68. The Bertz CT molecular complexity index is 458. The Morgan fingerprint density at radius 1 is 1.13 bits per heavy atom. The molecule has 3 N–H and O–H groups in total. The average molecular weight is 326 g/mol. The number of carbonyl (C=O) groups is 1. The fraction of sp³-hybridized carbons (Fsp3) is 0.944. The van der Waals surface area contributed by atoms with E-state index in [4.69, 9.17) is 10.5 Å². The Morgan fingerprint density at radius 3 is 2.39 bits per heavy atom. The maximum atomic E-state index is 12.3. The molecular formula is C18H34N2O3. The second-order valence-corrected chi connectivity index (χ2v) is 9.36. The fourth-order valence-electron chi connectivity index (χ4n) is 3.85. The number of nitrogens with two attached hydrogens (primary N) is 1. The number of likely N-dealkylation sites (tertiary alicyclic amines) is 1. The van der Waals surface area contributed by atoms with Crippen LogP contribution in [-0.4, -0.2) is 45.9 Å². The van der Waals surface area contributed by atoms with Crippen molar-refractivity contribution >= 4 is 6.09 Å². The minimum atomic E-state index is -0.891. The molecule has 2 fully saturated rings. The molecule has 1 aliphatic carbocycles. The Morgan fingerprint density at radius 2 is 1.78 bits per heavy atom. The topological polar surface area (TPSA) is 75.8 Å². The quantitative estimate of drug-likeness (QED) is 0.726. The predicted molar refractivity (Wildman–Crippen MR) is 91.2 cm³/mol. The first-order chi connectivity index (χ1) is 10.4. The summed E-state index contributed by atoms with van der Waals surface area (Å²) in [6.45, 7) is 11.0. The van der Waals surface area contributed by atoms with E-state index in [1.165, 1.54) is 0 Å². The molecule has 0 aromatic heterocycles. The summed E-state index contributed by atoms with van der Waals surface area (Å²) in [5.41, 5.74) is 4.74. The van der Waals surface area contributed by atoms with Gasteiger partial charge in [0, 0.05) is 13.1 Å². The van der Waals surface area contributed by atoms with Gasteiger partial charge in [-0.15, -0.1) is 0 Å². The zero-order chi connectivity index (χ0) is 17.5. The van der Waals surface area contributed by atoms with Crippen LogP contribution in [0.4, 0.5) is 4.79 Å². The summed E-state index contributed by atoms with van der Waals surface area (Å²) >= 11 is 0. The van der Waals surface area contributed by atoms with Gasteiger partial charge in [-0.25, -0.2) is 4.79 Å². The van der Waals surface area contributed by atoms with Crippen molar-refractivity contribution in [2.45, 2.75) is 89.9 Å². The first kappa shape index (κ1) is 18.5. The molecule has 5 heteroatoms. The first-order valence-corrected chi connectivity index (χ1v) is 8.85. The molecule has 134 valence electrons. The number of hydrogen-bond donors (Lipinski definition) is 2. The Balaban J connectivity index is 2.06. The summed E-state index contributed by atoms with van der Waals surface area (Å²) in [5.74, 6) is 0. The molecule has 0 aromatic carbocycles. The Hall–Kier alpha value is -0.810. The van der Waals surface area contributed by atoms with Crippen LogP contribution in [0.15, 0.2) is 0 Å². The van der Waals surface area contributed by atoms with Crippen LogP contribution in [0.2, 0.25) is 0 Å². The highest BCUT2D eigenvalue weighted by atomic mass is 16.6. The van der Waals surface area contributed by atoms with Gasteiger partial charge in [-0.3, -0.25) is 0 Å². The Kier molecular flexibility index (Phi) is 4.77. The van der Waals surface area contributed by atoms with Gasteiger partial charge in [-0.05, 0) is 64.7 Å². The van der Waals surface area contributed by atoms with Gasteiger partial charge in [0.2, 0.25) is 0 Å². The van der Waals surface area contributed by atoms with Crippen LogP contribution in [0.1, 0.15) is 73.1 Å². The lowest BCUT2D eigenvalue weighted by atomic mass is 9.74. The molecule has 1 saturated carbocycles. The van der Waals surface area contributed by atoms with Crippen molar-refractivity contribution in [3.8, 4) is 0 Å². The van der Waals surface area contributed by atoms with Crippen molar-refractivity contribution in [3.05, 3.63) is 0 Å². The number of hydrogen-bond acceptors (Lipinski definition) is 4. The van der Waals surface area contributed by atoms with Crippen LogP contribution in [0.3, 0.4) is 0 Å². The molecule has 5 nitrogen and oxygen atoms in total. The molecule has 23 heavy (non-hydrogen) atoms. The summed E-state index contributed by atoms with van der Waals surface area (Å²) in [6, 6.07) is 0. The van der Waals surface area contributed by atoms with Crippen LogP contribution < -0.4 is 5.73 Å². The Labute approximate surface area is 140 Å². The van der Waals surface area contributed by atoms with E-state index in [1.54, 1.807) is 4.90 Å². The highest BCUT2D eigenvalue weighted by Gasteiger charge is 2.53. The lowest BCUT2D eigenvalue weighted by Gasteiger charge is -2.42. The lowest BCUT2D eigenvalue weighted by Crippen LogP contribution is -2.62. The zero-order valence-electron chi connectivity index (χ0n) is 15.4. The molecule has 2 unspecified atom stereocenters. The second kappa shape index (κ2) is 5.92. The molecule has 1 aliphatic heterocycles. The van der Waals surface area contributed by atoms with Gasteiger partial charge in [0.1, 0.15) is 5.60 Å². The van der Waals surface area contributed by atoms with E-state index >= 15 is 0 Å². The largest absolute Gasteiger partial charge is 0.444 e. The summed E-state index contributed by atoms with van der Waals surface area (Å²) in [5, 5.41) is 11.3. The van der Waals surface area contributed by atoms with Crippen LogP contribution in [0.25, 0.3) is 0 Å². The van der Waals surface area contributed by atoms with E-state index in [-0.39, 0.29) is 11.5 Å². The average Bonchev–Trinajstić information content (AvgIpc) is 2.72. The predicted octanol–water partition coefficient (Wildman–Crippen LogP) is 3.05. The zero-order valence-corrected chi connectivity index (χ0v) is 15.4. The van der Waals surface area contributed by atoms with Gasteiger partial charge < -0.3 is 20.5 Å². The number of aliphatic hydroxyl groups is 1. The third-order valence-electron chi connectivity index (χ3n) is 5.54. The van der Waals surface area contributed by atoms with Crippen molar-refractivity contribution in [1.29, 1.82) is 0 Å². The van der Waals surface area contributed by atoms with Gasteiger partial charge in [0.05, 0.1) is 11.1 Å². The summed E-state index contributed by atoms with van der Waals surface area (Å²) in [6.07, 6.45) is 4.78. The summed E-state index contributed by atoms with van der Waals surface area (Å²) < 4.78 is 5.44. The number of amides is 1. The summed E-state index contributed by atoms with van der Waals surface area (Å²) in [7, 11) is 0. The van der Waals surface area contributed by atoms with E-state index in [9.17, 15) is 9.90 Å². The van der Waals surface area contributed by atoms with Crippen molar-refractivity contribution in [3.63, 3.8) is 0 Å². The van der Waals surface area contributed by atoms with Gasteiger partial charge >= 0.3 is 6.09 Å². The normalized spacial score (nSPS) is 35.0. The van der Waals surface area contributed by atoms with E-state index < -0.39 is 16.7 Å². The molecule has 0 bridgehead atoms. The third-order valence-corrected chi connectivity index (χ3v) is 5.54. The second-order valence-electron chi connectivity index (χ2n) is 9.36. The van der Waals surface area contributed by atoms with Crippen molar-refractivity contribution in [2.75, 3.05) is 13.1 Å². The molecule has 1 heterocycles. The highest BCUT2D eigenvalue weighted by Crippen LogP contribution is 2.44. The number of nitrogens with zero attached hydrogens (tertiary/aromatic N) is 1. The van der Waals surface area contributed by atoms with Crippen LogP contribution in [0, 0.1) is 5.41 Å².